The SMILES string of the molecule is CCCCCCCCC(=O)OCC(CC)(CO)CO.O=C(O)c1ccc2c(c1)C(=O)OC2=O.O=C(O)c1cccc(C(=O)O)c1. The van der Waals surface area contributed by atoms with Gasteiger partial charge in [-0.05, 0) is 49.2 Å². The average molecular weight is 633 g/mol. The third-order valence-electron chi connectivity index (χ3n) is 6.94. The Morgan fingerprint density at radius 2 is 1.22 bits per heavy atom. The molecule has 5 N–H and O–H groups in total. The Kier molecular flexibility index (Phi) is 16.7. The number of esters is 3. The van der Waals surface area contributed by atoms with Crippen molar-refractivity contribution in [3.8, 4) is 0 Å². The standard InChI is InChI=1S/C15H30O4.C9H4O5.C8H6O4/c1-3-5-6-7-8-9-10-14(18)19-13-15(4-2,11-16)12-17;10-7(11)4-1-2-5-6(3-4)9(13)14-8(5)12;9-7(10)5-2-1-3-6(4-5)8(11)12/h16-17H,3-13H2,1-2H3;1-3H,(H,10,11);1-4H,(H,9,10)(H,11,12). The summed E-state index contributed by atoms with van der Waals surface area (Å²) >= 11 is 0. The van der Waals surface area contributed by atoms with Crippen LogP contribution in [-0.4, -0.2) is 81.2 Å². The molecule has 13 heteroatoms. The number of hydrogen-bond acceptors (Lipinski definition) is 10. The van der Waals surface area contributed by atoms with Gasteiger partial charge in [0, 0.05) is 6.42 Å². The molecule has 2 aromatic rings. The van der Waals surface area contributed by atoms with Gasteiger partial charge >= 0.3 is 35.8 Å². The highest BCUT2D eigenvalue weighted by Crippen LogP contribution is 2.22. The summed E-state index contributed by atoms with van der Waals surface area (Å²) < 4.78 is 9.44. The van der Waals surface area contributed by atoms with Crippen molar-refractivity contribution in [3.63, 3.8) is 0 Å². The van der Waals surface area contributed by atoms with Crippen LogP contribution in [-0.2, 0) is 14.3 Å². The van der Waals surface area contributed by atoms with Gasteiger partial charge in [-0.1, -0.05) is 52.0 Å². The fourth-order valence-electron chi connectivity index (χ4n) is 3.83. The molecule has 0 saturated heterocycles. The molecule has 0 amide bonds. The van der Waals surface area contributed by atoms with E-state index in [0.717, 1.165) is 25.0 Å². The molecule has 0 spiro atoms. The smallest absolute Gasteiger partial charge is 0.346 e. The molecule has 0 fully saturated rings. The van der Waals surface area contributed by atoms with Crippen LogP contribution >= 0.6 is 0 Å². The minimum Gasteiger partial charge on any atom is -0.478 e. The van der Waals surface area contributed by atoms with Gasteiger partial charge in [0.15, 0.2) is 0 Å². The van der Waals surface area contributed by atoms with Crippen molar-refractivity contribution in [2.75, 3.05) is 19.8 Å². The van der Waals surface area contributed by atoms with Crippen molar-refractivity contribution in [1.82, 2.24) is 0 Å². The normalized spacial score (nSPS) is 11.6. The number of carbonyl (C=O) groups excluding carboxylic acids is 3. The average Bonchev–Trinajstić information content (AvgIpc) is 3.32. The van der Waals surface area contributed by atoms with Gasteiger partial charge in [-0.3, -0.25) is 4.79 Å². The van der Waals surface area contributed by atoms with Crippen LogP contribution < -0.4 is 0 Å². The molecular formula is C32H40O13. The first-order valence-electron chi connectivity index (χ1n) is 14.4. The Bertz CT molecular complexity index is 1290. The van der Waals surface area contributed by atoms with Crippen LogP contribution in [0.1, 0.15) is 117 Å². The molecular weight excluding hydrogens is 592 g/mol. The number of unbranched alkanes of at least 4 members (excludes halogenated alkanes) is 5. The summed E-state index contributed by atoms with van der Waals surface area (Å²) in [5, 5.41) is 44.1. The van der Waals surface area contributed by atoms with Crippen molar-refractivity contribution in [2.24, 2.45) is 5.41 Å². The number of benzene rings is 2. The highest BCUT2D eigenvalue weighted by Gasteiger charge is 2.30. The largest absolute Gasteiger partial charge is 0.478 e. The number of ether oxygens (including phenoxy) is 2. The first-order valence-corrected chi connectivity index (χ1v) is 14.4. The summed E-state index contributed by atoms with van der Waals surface area (Å²) in [6.07, 6.45) is 7.84. The predicted octanol–water partition coefficient (Wildman–Crippen LogP) is 4.44. The van der Waals surface area contributed by atoms with Crippen LogP contribution in [0.5, 0.6) is 0 Å². The number of aromatic carboxylic acids is 3. The number of carbonyl (C=O) groups is 6. The second kappa shape index (κ2) is 19.6. The molecule has 0 unspecified atom stereocenters. The lowest BCUT2D eigenvalue weighted by Gasteiger charge is -2.27. The van der Waals surface area contributed by atoms with E-state index in [9.17, 15) is 39.0 Å². The molecule has 45 heavy (non-hydrogen) atoms. The predicted molar refractivity (Wildman–Crippen MR) is 159 cm³/mol. The molecule has 1 aliphatic heterocycles. The van der Waals surface area contributed by atoms with Gasteiger partial charge in [0.1, 0.15) is 6.61 Å². The third kappa shape index (κ3) is 12.9. The van der Waals surface area contributed by atoms with E-state index in [1.807, 2.05) is 6.92 Å². The van der Waals surface area contributed by atoms with E-state index in [-0.39, 0.29) is 53.6 Å². The number of aliphatic hydroxyl groups excluding tert-OH is 2. The number of carboxylic acid groups (broad SMARTS) is 3. The fraction of sp³-hybridized carbons (Fsp3) is 0.438. The van der Waals surface area contributed by atoms with Crippen molar-refractivity contribution in [3.05, 3.63) is 70.3 Å². The lowest BCUT2D eigenvalue weighted by molar-refractivity contribution is -0.149. The fourth-order valence-corrected chi connectivity index (χ4v) is 3.83. The van der Waals surface area contributed by atoms with E-state index in [1.54, 1.807) is 0 Å². The van der Waals surface area contributed by atoms with E-state index >= 15 is 0 Å². The molecule has 3 rings (SSSR count). The van der Waals surface area contributed by atoms with Gasteiger partial charge in [-0.25, -0.2) is 24.0 Å². The molecule has 0 saturated carbocycles. The molecule has 0 aliphatic carbocycles. The Hall–Kier alpha value is -4.62. The second-order valence-corrected chi connectivity index (χ2v) is 10.3. The van der Waals surface area contributed by atoms with Gasteiger partial charge in [-0.15, -0.1) is 0 Å². The van der Waals surface area contributed by atoms with Crippen LogP contribution in [0.2, 0.25) is 0 Å². The first kappa shape index (κ1) is 38.4. The van der Waals surface area contributed by atoms with Crippen molar-refractivity contribution in [1.29, 1.82) is 0 Å². The molecule has 13 nitrogen and oxygen atoms in total. The quantitative estimate of drug-likeness (QED) is 0.104. The molecule has 0 atom stereocenters. The summed E-state index contributed by atoms with van der Waals surface area (Å²) in [7, 11) is 0. The van der Waals surface area contributed by atoms with Gasteiger partial charge in [0.2, 0.25) is 0 Å². The zero-order chi connectivity index (χ0) is 34.0. The summed E-state index contributed by atoms with van der Waals surface area (Å²) in [4.78, 5) is 64.8. The minimum absolute atomic E-state index is 0.00917. The topological polar surface area (TPSA) is 222 Å². The second-order valence-electron chi connectivity index (χ2n) is 10.3. The number of aliphatic hydroxyl groups is 2. The summed E-state index contributed by atoms with van der Waals surface area (Å²) in [6, 6.07) is 8.85. The molecule has 1 heterocycles. The van der Waals surface area contributed by atoms with E-state index < -0.39 is 35.3 Å². The number of cyclic esters (lactones) is 2. The van der Waals surface area contributed by atoms with Gasteiger partial charge in [0.05, 0.1) is 46.4 Å². The Balaban J connectivity index is 0.000000346. The van der Waals surface area contributed by atoms with Crippen LogP contribution in [0.4, 0.5) is 0 Å². The number of rotatable bonds is 15. The van der Waals surface area contributed by atoms with E-state index in [1.165, 1.54) is 56.0 Å². The molecule has 0 bridgehead atoms. The number of fused-ring (bicyclic) bond motifs is 1. The monoisotopic (exact) mass is 632 g/mol. The van der Waals surface area contributed by atoms with Crippen LogP contribution in [0, 0.1) is 5.41 Å². The van der Waals surface area contributed by atoms with Crippen molar-refractivity contribution >= 4 is 35.8 Å². The summed E-state index contributed by atoms with van der Waals surface area (Å²) in [5.41, 5.74) is -0.647. The lowest BCUT2D eigenvalue weighted by Crippen LogP contribution is -2.35. The van der Waals surface area contributed by atoms with Crippen molar-refractivity contribution < 1.29 is 63.8 Å². The van der Waals surface area contributed by atoms with Crippen LogP contribution in [0.15, 0.2) is 42.5 Å². The maximum absolute atomic E-state index is 11.5. The van der Waals surface area contributed by atoms with Gasteiger partial charge < -0.3 is 35.0 Å². The molecule has 0 radical (unpaired) electrons. The van der Waals surface area contributed by atoms with E-state index in [4.69, 9.17) is 20.1 Å². The first-order chi connectivity index (χ1) is 21.3. The molecule has 1 aliphatic rings. The molecule has 0 aromatic heterocycles. The number of carboxylic acids is 3. The Labute approximate surface area is 260 Å². The Morgan fingerprint density at radius 1 is 0.711 bits per heavy atom. The maximum Gasteiger partial charge on any atom is 0.346 e. The Morgan fingerprint density at radius 3 is 1.73 bits per heavy atom. The zero-order valence-corrected chi connectivity index (χ0v) is 25.3. The van der Waals surface area contributed by atoms with Gasteiger partial charge in [0.25, 0.3) is 0 Å². The highest BCUT2D eigenvalue weighted by molar-refractivity contribution is 6.15. The maximum atomic E-state index is 11.5. The summed E-state index contributed by atoms with van der Waals surface area (Å²) in [5.74, 6) is -5.17. The van der Waals surface area contributed by atoms with Crippen LogP contribution in [0.3, 0.4) is 0 Å². The molecule has 246 valence electrons. The van der Waals surface area contributed by atoms with E-state index in [0.29, 0.717) is 12.8 Å². The van der Waals surface area contributed by atoms with E-state index in [2.05, 4.69) is 11.7 Å². The zero-order valence-electron chi connectivity index (χ0n) is 25.3. The van der Waals surface area contributed by atoms with Crippen LogP contribution in [0.25, 0.3) is 0 Å². The molecule has 2 aromatic carbocycles. The summed E-state index contributed by atoms with van der Waals surface area (Å²) in [6.45, 7) is 3.83. The minimum atomic E-state index is -1.15. The van der Waals surface area contributed by atoms with Crippen molar-refractivity contribution in [2.45, 2.75) is 65.2 Å². The lowest BCUT2D eigenvalue weighted by atomic mass is 9.88. The highest BCUT2D eigenvalue weighted by atomic mass is 16.6. The third-order valence-corrected chi connectivity index (χ3v) is 6.94. The number of hydrogen-bond donors (Lipinski definition) is 5. The van der Waals surface area contributed by atoms with Gasteiger partial charge in [-0.2, -0.15) is 0 Å².